The van der Waals surface area contributed by atoms with E-state index in [1.165, 1.54) is 11.1 Å². The van der Waals surface area contributed by atoms with Gasteiger partial charge in [0.1, 0.15) is 10.8 Å². The fraction of sp³-hybridized carbons (Fsp3) is 0.235. The van der Waals surface area contributed by atoms with Crippen molar-refractivity contribution < 1.29 is 4.74 Å². The van der Waals surface area contributed by atoms with Gasteiger partial charge in [-0.05, 0) is 11.6 Å². The summed E-state index contributed by atoms with van der Waals surface area (Å²) in [6, 6.07) is 18.8. The summed E-state index contributed by atoms with van der Waals surface area (Å²) in [7, 11) is 0. The van der Waals surface area contributed by atoms with E-state index in [-0.39, 0.29) is 0 Å². The Hall–Kier alpha value is -1.74. The lowest BCUT2D eigenvalue weighted by atomic mass is 9.90. The third kappa shape index (κ3) is 1.77. The van der Waals surface area contributed by atoms with Crippen molar-refractivity contribution in [3.63, 3.8) is 0 Å². The van der Waals surface area contributed by atoms with E-state index in [9.17, 15) is 0 Å². The van der Waals surface area contributed by atoms with Crippen molar-refractivity contribution in [2.45, 2.75) is 12.0 Å². The van der Waals surface area contributed by atoms with Gasteiger partial charge in [-0.15, -0.1) is 11.8 Å². The zero-order valence-electron chi connectivity index (χ0n) is 11.1. The van der Waals surface area contributed by atoms with E-state index in [1.54, 1.807) is 0 Å². The van der Waals surface area contributed by atoms with Crippen LogP contribution in [-0.4, -0.2) is 17.3 Å². The lowest BCUT2D eigenvalue weighted by Gasteiger charge is -2.29. The predicted octanol–water partition coefficient (Wildman–Crippen LogP) is 3.66. The van der Waals surface area contributed by atoms with E-state index in [0.717, 1.165) is 29.5 Å². The Morgan fingerprint density at radius 1 is 1.00 bits per heavy atom. The van der Waals surface area contributed by atoms with Crippen molar-refractivity contribution in [3.8, 4) is 5.75 Å². The summed E-state index contributed by atoms with van der Waals surface area (Å²) in [5.41, 5.74) is 2.06. The van der Waals surface area contributed by atoms with Gasteiger partial charge in [0.15, 0.2) is 5.60 Å². The second kappa shape index (κ2) is 4.67. The number of fused-ring (bicyclic) bond motifs is 1. The van der Waals surface area contributed by atoms with Gasteiger partial charge >= 0.3 is 0 Å². The second-order valence-electron chi connectivity index (χ2n) is 5.11. The quantitative estimate of drug-likeness (QED) is 0.838. The highest BCUT2D eigenvalue weighted by molar-refractivity contribution is 8.14. The molecule has 2 heterocycles. The van der Waals surface area contributed by atoms with E-state index >= 15 is 0 Å². The Balaban J connectivity index is 1.85. The first-order valence-electron chi connectivity index (χ1n) is 6.89. The van der Waals surface area contributed by atoms with Crippen LogP contribution in [0.3, 0.4) is 0 Å². The summed E-state index contributed by atoms with van der Waals surface area (Å²) in [6.45, 7) is 0.897. The van der Waals surface area contributed by atoms with Crippen molar-refractivity contribution in [1.82, 2.24) is 0 Å². The van der Waals surface area contributed by atoms with Crippen molar-refractivity contribution >= 4 is 16.8 Å². The largest absolute Gasteiger partial charge is 0.475 e. The summed E-state index contributed by atoms with van der Waals surface area (Å²) < 4.78 is 6.41. The number of nitrogens with zero attached hydrogens (tertiary/aromatic N) is 1. The molecule has 0 bridgehead atoms. The van der Waals surface area contributed by atoms with Crippen LogP contribution in [0.5, 0.6) is 5.75 Å². The third-order valence-corrected chi connectivity index (χ3v) is 4.99. The average Bonchev–Trinajstić information content (AvgIpc) is 3.16. The fourth-order valence-electron chi connectivity index (χ4n) is 2.93. The zero-order chi connectivity index (χ0) is 13.4. The molecule has 0 amide bonds. The second-order valence-corrected chi connectivity index (χ2v) is 6.20. The minimum absolute atomic E-state index is 0.411. The molecule has 0 radical (unpaired) electrons. The van der Waals surface area contributed by atoms with Gasteiger partial charge in [-0.1, -0.05) is 48.5 Å². The monoisotopic (exact) mass is 281 g/mol. The van der Waals surface area contributed by atoms with Crippen LogP contribution in [0.1, 0.15) is 11.1 Å². The number of rotatable bonds is 2. The maximum atomic E-state index is 6.41. The molecular weight excluding hydrogens is 266 g/mol. The average molecular weight is 281 g/mol. The Labute approximate surface area is 122 Å². The van der Waals surface area contributed by atoms with Gasteiger partial charge in [0.25, 0.3) is 0 Å². The molecule has 2 aliphatic rings. The standard InChI is InChI=1S/C17H15NOS/c1-2-7-14(8-3-1)17(16-18-10-11-20-16)12-13-6-4-5-9-15(13)19-17/h1-9H,10-12H2. The van der Waals surface area contributed by atoms with Crippen molar-refractivity contribution in [1.29, 1.82) is 0 Å². The first-order valence-corrected chi connectivity index (χ1v) is 7.87. The van der Waals surface area contributed by atoms with Gasteiger partial charge in [0.05, 0.1) is 0 Å². The smallest absolute Gasteiger partial charge is 0.185 e. The van der Waals surface area contributed by atoms with Crippen LogP contribution in [0.25, 0.3) is 0 Å². The molecule has 1 unspecified atom stereocenters. The van der Waals surface area contributed by atoms with Crippen LogP contribution < -0.4 is 4.74 Å². The first-order chi connectivity index (χ1) is 9.88. The van der Waals surface area contributed by atoms with Crippen LogP contribution in [0, 0.1) is 0 Å². The molecule has 100 valence electrons. The van der Waals surface area contributed by atoms with Crippen molar-refractivity contribution in [2.75, 3.05) is 12.3 Å². The molecular formula is C17H15NOS. The Morgan fingerprint density at radius 3 is 2.55 bits per heavy atom. The SMILES string of the molecule is c1ccc(C2(C3=NCCS3)Cc3ccccc3O2)cc1. The minimum Gasteiger partial charge on any atom is -0.475 e. The first kappa shape index (κ1) is 12.0. The fourth-order valence-corrected chi connectivity index (χ4v) is 3.96. The molecule has 0 aromatic heterocycles. The molecule has 2 nitrogen and oxygen atoms in total. The van der Waals surface area contributed by atoms with Gasteiger partial charge in [0.2, 0.25) is 0 Å². The lowest BCUT2D eigenvalue weighted by Crippen LogP contribution is -2.38. The van der Waals surface area contributed by atoms with Crippen molar-refractivity contribution in [2.24, 2.45) is 4.99 Å². The van der Waals surface area contributed by atoms with Crippen LogP contribution in [0.4, 0.5) is 0 Å². The van der Waals surface area contributed by atoms with Gasteiger partial charge < -0.3 is 4.74 Å². The van der Waals surface area contributed by atoms with Crippen molar-refractivity contribution in [3.05, 3.63) is 65.7 Å². The van der Waals surface area contributed by atoms with Crippen LogP contribution in [0.2, 0.25) is 0 Å². The molecule has 0 fully saturated rings. The molecule has 2 aromatic carbocycles. The molecule has 0 spiro atoms. The number of aliphatic imine (C=N–C) groups is 1. The molecule has 0 aliphatic carbocycles. The van der Waals surface area contributed by atoms with Gasteiger partial charge in [-0.3, -0.25) is 4.99 Å². The third-order valence-electron chi connectivity index (χ3n) is 3.87. The number of benzene rings is 2. The van der Waals surface area contributed by atoms with Crippen LogP contribution in [-0.2, 0) is 12.0 Å². The zero-order valence-corrected chi connectivity index (χ0v) is 11.9. The molecule has 0 N–H and O–H groups in total. The van der Waals surface area contributed by atoms with E-state index < -0.39 is 5.60 Å². The maximum Gasteiger partial charge on any atom is 0.185 e. The maximum absolute atomic E-state index is 6.41. The molecule has 3 heteroatoms. The van der Waals surface area contributed by atoms with E-state index in [4.69, 9.17) is 9.73 Å². The van der Waals surface area contributed by atoms with E-state index in [2.05, 4.69) is 42.5 Å². The van der Waals surface area contributed by atoms with E-state index in [0.29, 0.717) is 0 Å². The highest BCUT2D eigenvalue weighted by Gasteiger charge is 2.46. The molecule has 0 saturated heterocycles. The van der Waals surface area contributed by atoms with Gasteiger partial charge in [-0.25, -0.2) is 0 Å². The lowest BCUT2D eigenvalue weighted by molar-refractivity contribution is 0.175. The highest BCUT2D eigenvalue weighted by atomic mass is 32.2. The normalized spacial score (nSPS) is 24.1. The minimum atomic E-state index is -0.411. The molecule has 1 atom stereocenters. The van der Waals surface area contributed by atoms with Crippen LogP contribution in [0.15, 0.2) is 59.6 Å². The number of ether oxygens (including phenoxy) is 1. The Kier molecular flexibility index (Phi) is 2.81. The summed E-state index contributed by atoms with van der Waals surface area (Å²) >= 11 is 1.83. The molecule has 4 rings (SSSR count). The topological polar surface area (TPSA) is 21.6 Å². The molecule has 0 saturated carbocycles. The van der Waals surface area contributed by atoms with Gasteiger partial charge in [-0.2, -0.15) is 0 Å². The summed E-state index contributed by atoms with van der Waals surface area (Å²) in [5, 5.41) is 1.12. The molecule has 2 aromatic rings. The highest BCUT2D eigenvalue weighted by Crippen LogP contribution is 2.45. The Morgan fingerprint density at radius 2 is 1.80 bits per heavy atom. The number of para-hydroxylation sites is 1. The molecule has 2 aliphatic heterocycles. The summed E-state index contributed by atoms with van der Waals surface area (Å²) in [4.78, 5) is 4.70. The Bertz CT molecular complexity index is 641. The predicted molar refractivity (Wildman–Crippen MR) is 83.7 cm³/mol. The van der Waals surface area contributed by atoms with Gasteiger partial charge in [0, 0.05) is 24.3 Å². The number of thioether (sulfide) groups is 1. The summed E-state index contributed by atoms with van der Waals surface area (Å²) in [6.07, 6.45) is 0.874. The summed E-state index contributed by atoms with van der Waals surface area (Å²) in [5.74, 6) is 2.05. The number of hydrogen-bond acceptors (Lipinski definition) is 3. The molecule has 20 heavy (non-hydrogen) atoms. The van der Waals surface area contributed by atoms with Crippen LogP contribution >= 0.6 is 11.8 Å². The number of hydrogen-bond donors (Lipinski definition) is 0. The van der Waals surface area contributed by atoms with E-state index in [1.807, 2.05) is 23.9 Å².